The van der Waals surface area contributed by atoms with Crippen molar-refractivity contribution in [3.63, 3.8) is 0 Å². The van der Waals surface area contributed by atoms with E-state index in [0.717, 1.165) is 69.3 Å². The molecule has 2 fully saturated rings. The summed E-state index contributed by atoms with van der Waals surface area (Å²) in [6, 6.07) is 5.06. The zero-order valence-electron chi connectivity index (χ0n) is 27.9. The van der Waals surface area contributed by atoms with E-state index in [9.17, 15) is 9.18 Å². The molecule has 3 aromatic rings. The van der Waals surface area contributed by atoms with Gasteiger partial charge in [-0.05, 0) is 89.2 Å². The highest BCUT2D eigenvalue weighted by atomic mass is 19.1. The van der Waals surface area contributed by atoms with E-state index in [-0.39, 0.29) is 35.6 Å². The van der Waals surface area contributed by atoms with Gasteiger partial charge in [-0.15, -0.1) is 0 Å². The molecule has 12 heteroatoms. The van der Waals surface area contributed by atoms with Gasteiger partial charge in [0.2, 0.25) is 11.9 Å². The van der Waals surface area contributed by atoms with Crippen molar-refractivity contribution in [2.75, 3.05) is 51.4 Å². The summed E-state index contributed by atoms with van der Waals surface area (Å²) in [5.41, 5.74) is 9.07. The smallest absolute Gasteiger partial charge is 0.322 e. The highest BCUT2D eigenvalue weighted by Gasteiger charge is 2.29. The fraction of sp³-hybridized carbons (Fsp3) is 0.588. The van der Waals surface area contributed by atoms with Gasteiger partial charge in [-0.2, -0.15) is 19.6 Å². The predicted octanol–water partition coefficient (Wildman–Crippen LogP) is 4.66. The number of aromatic nitrogens is 4. The van der Waals surface area contributed by atoms with E-state index in [4.69, 9.17) is 15.5 Å². The fourth-order valence-corrected chi connectivity index (χ4v) is 6.25. The molecule has 1 atom stereocenters. The first kappa shape index (κ1) is 33.7. The summed E-state index contributed by atoms with van der Waals surface area (Å²) in [4.78, 5) is 27.0. The number of halogens is 1. The Labute approximate surface area is 271 Å². The van der Waals surface area contributed by atoms with Crippen molar-refractivity contribution < 1.29 is 13.9 Å². The molecule has 0 spiro atoms. The minimum Gasteiger partial charge on any atom is -0.460 e. The lowest BCUT2D eigenvalue weighted by atomic mass is 9.78. The number of nitrogens with zero attached hydrogens (tertiary/aromatic N) is 6. The Balaban J connectivity index is 1.23. The van der Waals surface area contributed by atoms with E-state index in [1.807, 2.05) is 20.3 Å². The highest BCUT2D eigenvalue weighted by molar-refractivity contribution is 5.92. The van der Waals surface area contributed by atoms with Gasteiger partial charge in [0.1, 0.15) is 11.9 Å². The third kappa shape index (κ3) is 8.59. The van der Waals surface area contributed by atoms with Crippen molar-refractivity contribution in [2.24, 2.45) is 17.6 Å². The summed E-state index contributed by atoms with van der Waals surface area (Å²) in [5, 5.41) is 10.7. The molecule has 1 aromatic carbocycles. The predicted molar refractivity (Wildman–Crippen MR) is 179 cm³/mol. The molecule has 2 aliphatic rings. The monoisotopic (exact) mass is 635 g/mol. The Morgan fingerprint density at radius 1 is 1.15 bits per heavy atom. The second-order valence-electron chi connectivity index (χ2n) is 13.5. The normalized spacial score (nSPS) is 20.5. The lowest BCUT2D eigenvalue weighted by molar-refractivity contribution is -0.121. The van der Waals surface area contributed by atoms with Crippen molar-refractivity contribution in [3.8, 4) is 6.01 Å². The maximum Gasteiger partial charge on any atom is 0.322 e. The van der Waals surface area contributed by atoms with Crippen LogP contribution in [0.3, 0.4) is 0 Å². The molecule has 250 valence electrons. The van der Waals surface area contributed by atoms with E-state index in [1.54, 1.807) is 16.6 Å². The number of anilines is 2. The topological polar surface area (TPSA) is 126 Å². The maximum absolute atomic E-state index is 14.9. The molecular weight excluding hydrogens is 585 g/mol. The molecule has 0 bridgehead atoms. The Morgan fingerprint density at radius 3 is 2.59 bits per heavy atom. The van der Waals surface area contributed by atoms with E-state index >= 15 is 0 Å². The van der Waals surface area contributed by atoms with E-state index in [1.165, 1.54) is 6.07 Å². The summed E-state index contributed by atoms with van der Waals surface area (Å²) < 4.78 is 22.8. The van der Waals surface area contributed by atoms with Crippen LogP contribution in [-0.4, -0.2) is 88.2 Å². The third-order valence-electron chi connectivity index (χ3n) is 9.19. The van der Waals surface area contributed by atoms with Crippen LogP contribution in [0.15, 0.2) is 36.5 Å². The summed E-state index contributed by atoms with van der Waals surface area (Å²) in [5.74, 6) is 0.278. The van der Waals surface area contributed by atoms with Crippen molar-refractivity contribution in [3.05, 3.63) is 53.5 Å². The summed E-state index contributed by atoms with van der Waals surface area (Å²) >= 11 is 0. The van der Waals surface area contributed by atoms with Crippen molar-refractivity contribution >= 4 is 23.2 Å². The van der Waals surface area contributed by atoms with Gasteiger partial charge in [0.25, 0.3) is 0 Å². The highest BCUT2D eigenvalue weighted by Crippen LogP contribution is 2.32. The number of rotatable bonds is 12. The molecule has 1 unspecified atom stereocenters. The van der Waals surface area contributed by atoms with Gasteiger partial charge in [0.05, 0.1) is 11.9 Å². The lowest BCUT2D eigenvalue weighted by Gasteiger charge is -2.30. The minimum absolute atomic E-state index is 0.0164. The minimum atomic E-state index is -0.467. The van der Waals surface area contributed by atoms with Gasteiger partial charge in [-0.3, -0.25) is 4.79 Å². The van der Waals surface area contributed by atoms with Crippen LogP contribution in [0.5, 0.6) is 6.01 Å². The first-order chi connectivity index (χ1) is 22.1. The van der Waals surface area contributed by atoms with Crippen LogP contribution < -0.4 is 21.1 Å². The van der Waals surface area contributed by atoms with Crippen LogP contribution in [-0.2, 0) is 11.3 Å². The van der Waals surface area contributed by atoms with Crippen LogP contribution in [0.1, 0.15) is 69.4 Å². The molecule has 1 aliphatic heterocycles. The number of nitrogens with two attached hydrogens (primary N) is 1. The van der Waals surface area contributed by atoms with E-state index in [0.29, 0.717) is 30.1 Å². The average molecular weight is 636 g/mol. The molecule has 1 saturated carbocycles. The Morgan fingerprint density at radius 2 is 1.89 bits per heavy atom. The number of piperidine rings is 1. The SMILES string of the molecule is CC(C)c1cnn2c(NCc3ccc(F)c(NC(=O)C4CCC(C(N)C=CCN(C)C)CC4)c3)nc(OC3CCN(C)CC3)nc12. The van der Waals surface area contributed by atoms with Gasteiger partial charge >= 0.3 is 6.01 Å². The third-order valence-corrected chi connectivity index (χ3v) is 9.19. The number of amides is 1. The van der Waals surface area contributed by atoms with Gasteiger partial charge in [-0.25, -0.2) is 4.39 Å². The first-order valence-corrected chi connectivity index (χ1v) is 16.6. The molecule has 0 radical (unpaired) electrons. The zero-order chi connectivity index (χ0) is 32.8. The molecule has 3 heterocycles. The number of ether oxygens (including phenoxy) is 1. The molecule has 46 heavy (non-hydrogen) atoms. The van der Waals surface area contributed by atoms with Crippen LogP contribution >= 0.6 is 0 Å². The van der Waals surface area contributed by atoms with Crippen molar-refractivity contribution in [1.82, 2.24) is 29.4 Å². The summed E-state index contributed by atoms with van der Waals surface area (Å²) in [7, 11) is 6.16. The Hall–Kier alpha value is -3.61. The largest absolute Gasteiger partial charge is 0.460 e. The van der Waals surface area contributed by atoms with Crippen molar-refractivity contribution in [1.29, 1.82) is 0 Å². The zero-order valence-corrected chi connectivity index (χ0v) is 27.9. The van der Waals surface area contributed by atoms with Crippen LogP contribution in [0.2, 0.25) is 0 Å². The molecule has 1 amide bonds. The lowest BCUT2D eigenvalue weighted by Crippen LogP contribution is -2.36. The van der Waals surface area contributed by atoms with Gasteiger partial charge in [0.15, 0.2) is 5.65 Å². The number of hydrogen-bond acceptors (Lipinski definition) is 9. The van der Waals surface area contributed by atoms with E-state index < -0.39 is 5.82 Å². The number of benzene rings is 1. The molecule has 5 rings (SSSR count). The van der Waals surface area contributed by atoms with E-state index in [2.05, 4.69) is 63.6 Å². The summed E-state index contributed by atoms with van der Waals surface area (Å²) in [6.45, 7) is 7.33. The second-order valence-corrected chi connectivity index (χ2v) is 13.5. The number of carbonyl (C=O) groups excluding carboxylic acids is 1. The van der Waals surface area contributed by atoms with Crippen LogP contribution in [0, 0.1) is 17.7 Å². The quantitative estimate of drug-likeness (QED) is 0.244. The number of likely N-dealkylation sites (tertiary alicyclic amines) is 1. The maximum atomic E-state index is 14.9. The summed E-state index contributed by atoms with van der Waals surface area (Å²) in [6.07, 6.45) is 11.1. The molecule has 1 aliphatic carbocycles. The van der Waals surface area contributed by atoms with Gasteiger partial charge < -0.3 is 30.9 Å². The molecule has 2 aromatic heterocycles. The molecule has 11 nitrogen and oxygen atoms in total. The van der Waals surface area contributed by atoms with Crippen molar-refractivity contribution in [2.45, 2.75) is 77.0 Å². The fourth-order valence-electron chi connectivity index (χ4n) is 6.25. The van der Waals surface area contributed by atoms with Gasteiger partial charge in [0, 0.05) is 43.7 Å². The molecule has 4 N–H and O–H groups in total. The number of nitrogens with one attached hydrogen (secondary N) is 2. The number of carbonyl (C=O) groups is 1. The average Bonchev–Trinajstić information content (AvgIpc) is 3.47. The number of fused-ring (bicyclic) bond motifs is 1. The first-order valence-electron chi connectivity index (χ1n) is 16.6. The number of hydrogen-bond donors (Lipinski definition) is 3. The number of likely N-dealkylation sites (N-methyl/N-ethyl adjacent to an activating group) is 1. The Kier molecular flexibility index (Phi) is 11.2. The van der Waals surface area contributed by atoms with Crippen LogP contribution in [0.25, 0.3) is 5.65 Å². The standard InChI is InChI=1S/C34H50FN9O2/c1-22(2)27-21-38-44-31(27)40-34(46-26-14-17-43(5)18-15-26)41-33(44)37-20-23-8-13-28(35)30(19-23)39-32(45)25-11-9-24(10-12-25)29(36)7-6-16-42(3)4/h6-8,13,19,21-22,24-26,29H,9-12,14-18,20,36H2,1-5H3,(H,39,45)(H,37,40,41). The van der Waals surface area contributed by atoms with Gasteiger partial charge in [-0.1, -0.05) is 32.1 Å². The molecule has 1 saturated heterocycles. The van der Waals surface area contributed by atoms with Crippen LogP contribution in [0.4, 0.5) is 16.0 Å². The Bertz CT molecular complexity index is 1490. The molecular formula is C34H50FN9O2. The second kappa shape index (κ2) is 15.3.